The number of nitrogens with one attached hydrogen (secondary N) is 2. The average Bonchev–Trinajstić information content (AvgIpc) is 3.08. The zero-order chi connectivity index (χ0) is 13.5. The van der Waals surface area contributed by atoms with Crippen molar-refractivity contribution in [2.45, 2.75) is 13.3 Å². The molecule has 0 aliphatic carbocycles. The highest BCUT2D eigenvalue weighted by Crippen LogP contribution is 2.22. The molecule has 19 heavy (non-hydrogen) atoms. The number of carbonyl (C=O) groups is 1. The molecule has 2 aromatic rings. The number of hydrogen-bond acceptors (Lipinski definition) is 4. The molecule has 0 saturated heterocycles. The Morgan fingerprint density at radius 3 is 3.21 bits per heavy atom. The molecule has 102 valence electrons. The van der Waals surface area contributed by atoms with Crippen molar-refractivity contribution in [3.8, 4) is 10.6 Å². The van der Waals surface area contributed by atoms with Gasteiger partial charge >= 0.3 is 0 Å². The van der Waals surface area contributed by atoms with Crippen LogP contribution in [0.1, 0.15) is 23.8 Å². The van der Waals surface area contributed by atoms with Crippen molar-refractivity contribution in [3.05, 3.63) is 29.3 Å². The Morgan fingerprint density at radius 2 is 2.47 bits per heavy atom. The number of thiophene rings is 1. The summed E-state index contributed by atoms with van der Waals surface area (Å²) in [6.45, 7) is 3.92. The number of aromatic amines is 1. The zero-order valence-electron chi connectivity index (χ0n) is 10.8. The van der Waals surface area contributed by atoms with E-state index in [4.69, 9.17) is 4.74 Å². The van der Waals surface area contributed by atoms with E-state index in [1.54, 1.807) is 17.4 Å². The largest absolute Gasteiger partial charge is 0.382 e. The quantitative estimate of drug-likeness (QED) is 0.764. The molecule has 0 aromatic carbocycles. The lowest BCUT2D eigenvalue weighted by molar-refractivity contribution is 0.0939. The molecule has 5 nitrogen and oxygen atoms in total. The molecule has 0 saturated carbocycles. The van der Waals surface area contributed by atoms with Crippen LogP contribution in [0.4, 0.5) is 0 Å². The third kappa shape index (κ3) is 3.90. The van der Waals surface area contributed by atoms with Gasteiger partial charge in [-0.3, -0.25) is 9.89 Å². The van der Waals surface area contributed by atoms with E-state index in [9.17, 15) is 4.79 Å². The first-order valence-electron chi connectivity index (χ1n) is 6.26. The number of hydrogen-bond donors (Lipinski definition) is 2. The second-order valence-corrected chi connectivity index (χ2v) is 4.90. The molecule has 0 spiro atoms. The summed E-state index contributed by atoms with van der Waals surface area (Å²) in [6.07, 6.45) is 0.807. The van der Waals surface area contributed by atoms with Gasteiger partial charge in [0.05, 0.1) is 10.6 Å². The molecule has 0 aliphatic heterocycles. The molecule has 6 heteroatoms. The molecular weight excluding hydrogens is 262 g/mol. The lowest BCUT2D eigenvalue weighted by Gasteiger charge is -2.02. The van der Waals surface area contributed by atoms with E-state index in [0.717, 1.165) is 17.0 Å². The van der Waals surface area contributed by atoms with Crippen molar-refractivity contribution in [1.29, 1.82) is 0 Å². The van der Waals surface area contributed by atoms with Crippen LogP contribution in [0.3, 0.4) is 0 Å². The van der Waals surface area contributed by atoms with E-state index >= 15 is 0 Å². The van der Waals surface area contributed by atoms with Crippen LogP contribution in [-0.4, -0.2) is 35.9 Å². The van der Waals surface area contributed by atoms with Crippen molar-refractivity contribution >= 4 is 17.2 Å². The zero-order valence-corrected chi connectivity index (χ0v) is 11.6. The summed E-state index contributed by atoms with van der Waals surface area (Å²) in [5, 5.41) is 11.7. The van der Waals surface area contributed by atoms with Crippen molar-refractivity contribution in [3.63, 3.8) is 0 Å². The Hall–Kier alpha value is -1.66. The van der Waals surface area contributed by atoms with Gasteiger partial charge < -0.3 is 10.1 Å². The fraction of sp³-hybridized carbons (Fsp3) is 0.385. The highest BCUT2D eigenvalue weighted by atomic mass is 32.1. The van der Waals surface area contributed by atoms with Crippen molar-refractivity contribution in [2.24, 2.45) is 0 Å². The summed E-state index contributed by atoms with van der Waals surface area (Å²) < 4.78 is 5.20. The Kier molecular flexibility index (Phi) is 5.11. The lowest BCUT2D eigenvalue weighted by Crippen LogP contribution is -2.25. The first-order chi connectivity index (χ1) is 9.31. The monoisotopic (exact) mass is 279 g/mol. The maximum atomic E-state index is 11.8. The topological polar surface area (TPSA) is 67.0 Å². The molecular formula is C13H17N3O2S. The van der Waals surface area contributed by atoms with Crippen molar-refractivity contribution in [2.75, 3.05) is 19.8 Å². The van der Waals surface area contributed by atoms with E-state index in [2.05, 4.69) is 15.5 Å². The minimum Gasteiger partial charge on any atom is -0.382 e. The first-order valence-corrected chi connectivity index (χ1v) is 7.14. The SMILES string of the molecule is CCOCCCNC(=O)c1cc(-c2cccs2)[nH]n1. The third-order valence-electron chi connectivity index (χ3n) is 2.55. The fourth-order valence-electron chi connectivity index (χ4n) is 1.61. The number of carbonyl (C=O) groups excluding carboxylic acids is 1. The maximum absolute atomic E-state index is 11.8. The minimum absolute atomic E-state index is 0.157. The third-order valence-corrected chi connectivity index (χ3v) is 3.46. The summed E-state index contributed by atoms with van der Waals surface area (Å²) in [4.78, 5) is 12.9. The Morgan fingerprint density at radius 1 is 1.58 bits per heavy atom. The van der Waals surface area contributed by atoms with Gasteiger partial charge in [0.25, 0.3) is 5.91 Å². The smallest absolute Gasteiger partial charge is 0.271 e. The van der Waals surface area contributed by atoms with E-state index in [1.807, 2.05) is 24.4 Å². The average molecular weight is 279 g/mol. The second-order valence-electron chi connectivity index (χ2n) is 3.95. The van der Waals surface area contributed by atoms with E-state index in [-0.39, 0.29) is 5.91 Å². The Balaban J connectivity index is 1.83. The minimum atomic E-state index is -0.157. The standard InChI is InChI=1S/C13H17N3O2S/c1-2-18-7-4-6-14-13(17)11-9-10(15-16-11)12-5-3-8-19-12/h3,5,8-9H,2,4,6-7H2,1H3,(H,14,17)(H,15,16). The van der Waals surface area contributed by atoms with Crippen LogP contribution in [0.5, 0.6) is 0 Å². The van der Waals surface area contributed by atoms with E-state index in [1.165, 1.54) is 0 Å². The lowest BCUT2D eigenvalue weighted by atomic mass is 10.3. The second kappa shape index (κ2) is 7.06. The normalized spacial score (nSPS) is 10.6. The fourth-order valence-corrected chi connectivity index (χ4v) is 2.30. The molecule has 0 unspecified atom stereocenters. The molecule has 2 N–H and O–H groups in total. The molecule has 1 amide bonds. The van der Waals surface area contributed by atoms with Crippen LogP contribution in [0.15, 0.2) is 23.6 Å². The maximum Gasteiger partial charge on any atom is 0.271 e. The molecule has 0 fully saturated rings. The van der Waals surface area contributed by atoms with Gasteiger partial charge in [0.15, 0.2) is 5.69 Å². The molecule has 2 aromatic heterocycles. The highest BCUT2D eigenvalue weighted by Gasteiger charge is 2.11. The van der Waals surface area contributed by atoms with Gasteiger partial charge in [-0.05, 0) is 30.9 Å². The number of H-pyrrole nitrogens is 1. The van der Waals surface area contributed by atoms with Gasteiger partial charge in [-0.15, -0.1) is 11.3 Å². The van der Waals surface area contributed by atoms with Gasteiger partial charge in [-0.2, -0.15) is 5.10 Å². The summed E-state index contributed by atoms with van der Waals surface area (Å²) in [5.74, 6) is -0.157. The Labute approximate surface area is 116 Å². The molecule has 0 atom stereocenters. The summed E-state index contributed by atoms with van der Waals surface area (Å²) in [7, 11) is 0. The molecule has 2 rings (SSSR count). The van der Waals surface area contributed by atoms with Gasteiger partial charge in [0.2, 0.25) is 0 Å². The molecule has 0 aliphatic rings. The molecule has 0 radical (unpaired) electrons. The van der Waals surface area contributed by atoms with Gasteiger partial charge in [-0.1, -0.05) is 6.07 Å². The van der Waals surface area contributed by atoms with Gasteiger partial charge in [0, 0.05) is 19.8 Å². The van der Waals surface area contributed by atoms with Crippen LogP contribution >= 0.6 is 11.3 Å². The summed E-state index contributed by atoms with van der Waals surface area (Å²) in [5.41, 5.74) is 1.29. The predicted molar refractivity (Wildman–Crippen MR) is 75.3 cm³/mol. The number of ether oxygens (including phenoxy) is 1. The van der Waals surface area contributed by atoms with Crippen LogP contribution in [0.25, 0.3) is 10.6 Å². The summed E-state index contributed by atoms with van der Waals surface area (Å²) >= 11 is 1.61. The van der Waals surface area contributed by atoms with Gasteiger partial charge in [0.1, 0.15) is 0 Å². The first kappa shape index (κ1) is 13.8. The number of amides is 1. The van der Waals surface area contributed by atoms with Crippen molar-refractivity contribution < 1.29 is 9.53 Å². The highest BCUT2D eigenvalue weighted by molar-refractivity contribution is 7.13. The van der Waals surface area contributed by atoms with Crippen LogP contribution in [-0.2, 0) is 4.74 Å². The number of rotatable bonds is 7. The van der Waals surface area contributed by atoms with Crippen molar-refractivity contribution in [1.82, 2.24) is 15.5 Å². The van der Waals surface area contributed by atoms with E-state index < -0.39 is 0 Å². The molecule has 0 bridgehead atoms. The Bertz CT molecular complexity index is 508. The van der Waals surface area contributed by atoms with Crippen LogP contribution < -0.4 is 5.32 Å². The van der Waals surface area contributed by atoms with E-state index in [0.29, 0.717) is 25.5 Å². The number of nitrogens with zero attached hydrogens (tertiary/aromatic N) is 1. The van der Waals surface area contributed by atoms with Crippen LogP contribution in [0, 0.1) is 0 Å². The van der Waals surface area contributed by atoms with Gasteiger partial charge in [-0.25, -0.2) is 0 Å². The van der Waals surface area contributed by atoms with Crippen LogP contribution in [0.2, 0.25) is 0 Å². The number of aromatic nitrogens is 2. The summed E-state index contributed by atoms with van der Waals surface area (Å²) in [6, 6.07) is 5.72. The predicted octanol–water partition coefficient (Wildman–Crippen LogP) is 2.29. The molecule has 2 heterocycles.